The molecule has 0 aliphatic carbocycles. The molecule has 3 unspecified atom stereocenters. The molecule has 3 rings (SSSR count). The molecular formula is C41H70N10O8S. The number of rotatable bonds is 19. The number of carbonyl (C=O) groups excluding carboxylic acids is 8. The van der Waals surface area contributed by atoms with Gasteiger partial charge < -0.3 is 53.3 Å². The van der Waals surface area contributed by atoms with E-state index in [9.17, 15) is 38.4 Å². The Hall–Kier alpha value is -5.17. The Labute approximate surface area is 359 Å². The van der Waals surface area contributed by atoms with Gasteiger partial charge in [0.05, 0.1) is 32.7 Å². The fourth-order valence-corrected chi connectivity index (χ4v) is 5.92. The molecule has 1 fully saturated rings. The van der Waals surface area contributed by atoms with E-state index in [4.69, 9.17) is 11.5 Å². The van der Waals surface area contributed by atoms with Crippen molar-refractivity contribution < 1.29 is 38.4 Å². The van der Waals surface area contributed by atoms with E-state index in [0.29, 0.717) is 31.6 Å². The minimum atomic E-state index is -1.01. The molecule has 0 spiro atoms. The number of hydrogen-bond donors (Lipinski definition) is 9. The molecule has 8 amide bonds. The molecule has 1 aliphatic rings. The lowest BCUT2D eigenvalue weighted by Gasteiger charge is -2.22. The van der Waals surface area contributed by atoms with Crippen molar-refractivity contribution in [3.63, 3.8) is 0 Å². The molecule has 1 aromatic carbocycles. The van der Waals surface area contributed by atoms with E-state index in [1.807, 2.05) is 32.4 Å². The highest BCUT2D eigenvalue weighted by molar-refractivity contribution is 7.98. The summed E-state index contributed by atoms with van der Waals surface area (Å²) in [4.78, 5) is 102. The van der Waals surface area contributed by atoms with Gasteiger partial charge in [0.25, 0.3) is 0 Å². The van der Waals surface area contributed by atoms with Gasteiger partial charge in [-0.25, -0.2) is 0 Å². The highest BCUT2D eigenvalue weighted by Gasteiger charge is 2.32. The third-order valence-electron chi connectivity index (χ3n) is 8.23. The van der Waals surface area contributed by atoms with Crippen molar-refractivity contribution in [3.8, 4) is 0 Å². The summed E-state index contributed by atoms with van der Waals surface area (Å²) in [5, 5.41) is 15.9. The number of thioether (sulfide) groups is 1. The predicted molar refractivity (Wildman–Crippen MR) is 236 cm³/mol. The van der Waals surface area contributed by atoms with E-state index in [0.717, 1.165) is 0 Å². The van der Waals surface area contributed by atoms with Crippen LogP contribution in [0.1, 0.15) is 85.6 Å². The molecule has 2 aromatic rings. The number of para-hydroxylation sites is 1. The second-order valence-corrected chi connectivity index (χ2v) is 15.4. The molecule has 0 bridgehead atoms. The predicted octanol–water partition coefficient (Wildman–Crippen LogP) is 0.964. The average Bonchev–Trinajstić information content (AvgIpc) is 3.87. The van der Waals surface area contributed by atoms with Crippen molar-refractivity contribution in [2.75, 3.05) is 51.3 Å². The van der Waals surface area contributed by atoms with E-state index in [1.165, 1.54) is 46.0 Å². The van der Waals surface area contributed by atoms with Gasteiger partial charge in [-0.2, -0.15) is 11.8 Å². The van der Waals surface area contributed by atoms with Crippen molar-refractivity contribution in [2.45, 2.75) is 105 Å². The number of fused-ring (bicyclic) bond motifs is 1. The number of nitrogens with one attached hydrogen (secondary N) is 7. The molecular weight excluding hydrogens is 793 g/mol. The number of amides is 8. The van der Waals surface area contributed by atoms with Crippen molar-refractivity contribution in [2.24, 2.45) is 17.4 Å². The van der Waals surface area contributed by atoms with Gasteiger partial charge in [-0.15, -0.1) is 0 Å². The topological polar surface area (TPSA) is 280 Å². The number of likely N-dealkylation sites (tertiary alicyclic amines) is 1. The third kappa shape index (κ3) is 22.8. The highest BCUT2D eigenvalue weighted by Crippen LogP contribution is 2.17. The molecule has 1 aromatic heterocycles. The van der Waals surface area contributed by atoms with Gasteiger partial charge in [0.15, 0.2) is 0 Å². The van der Waals surface area contributed by atoms with Gasteiger partial charge >= 0.3 is 0 Å². The lowest BCUT2D eigenvalue weighted by atomic mass is 10.0. The third-order valence-corrected chi connectivity index (χ3v) is 8.88. The summed E-state index contributed by atoms with van der Waals surface area (Å²) in [6.45, 7) is 12.6. The Morgan fingerprint density at radius 3 is 1.88 bits per heavy atom. The van der Waals surface area contributed by atoms with Gasteiger partial charge in [0.2, 0.25) is 47.3 Å². The highest BCUT2D eigenvalue weighted by atomic mass is 32.2. The Bertz CT molecular complexity index is 1650. The normalized spacial score (nSPS) is 13.7. The molecule has 2 heterocycles. The first kappa shape index (κ1) is 54.8. The van der Waals surface area contributed by atoms with Gasteiger partial charge in [0.1, 0.15) is 18.1 Å². The maximum Gasteiger partial charge on any atom is 0.243 e. The van der Waals surface area contributed by atoms with Crippen molar-refractivity contribution in [3.05, 3.63) is 36.0 Å². The van der Waals surface area contributed by atoms with E-state index in [2.05, 4.69) is 89.7 Å². The Morgan fingerprint density at radius 2 is 1.33 bits per heavy atom. The molecule has 18 nitrogen and oxygen atoms in total. The largest absolute Gasteiger partial charge is 0.368 e. The number of aromatic amines is 1. The Kier molecular flexibility index (Phi) is 29.0. The Balaban J connectivity index is 0.00000179. The summed E-state index contributed by atoms with van der Waals surface area (Å²) in [6, 6.07) is 5.72. The van der Waals surface area contributed by atoms with Crippen LogP contribution < -0.4 is 43.4 Å². The summed E-state index contributed by atoms with van der Waals surface area (Å²) in [5.41, 5.74) is 13.1. The summed E-state index contributed by atoms with van der Waals surface area (Å²) in [5.74, 6) is -4.22. The first-order valence-corrected chi connectivity index (χ1v) is 21.9. The number of hydrogen-bond acceptors (Lipinski definition) is 10. The van der Waals surface area contributed by atoms with Gasteiger partial charge in [0, 0.05) is 23.6 Å². The minimum absolute atomic E-state index is 0.0745. The lowest BCUT2D eigenvalue weighted by Crippen LogP contribution is -2.53. The van der Waals surface area contributed by atoms with Crippen LogP contribution in [0, 0.1) is 12.8 Å². The van der Waals surface area contributed by atoms with Crippen LogP contribution >= 0.6 is 11.8 Å². The van der Waals surface area contributed by atoms with E-state index < -0.39 is 85.0 Å². The first-order valence-electron chi connectivity index (χ1n) is 20.5. The number of nitrogens with zero attached hydrogens (tertiary/aromatic N) is 1. The fourth-order valence-electron chi connectivity index (χ4n) is 5.44. The minimum Gasteiger partial charge on any atom is -0.368 e. The molecule has 0 saturated carbocycles. The maximum atomic E-state index is 12.7. The average molecular weight is 863 g/mol. The zero-order valence-corrected chi connectivity index (χ0v) is 37.5. The van der Waals surface area contributed by atoms with Crippen molar-refractivity contribution >= 4 is 69.9 Å². The summed E-state index contributed by atoms with van der Waals surface area (Å²) >= 11 is 1.44. The molecule has 0 radical (unpaired) electrons. The number of aryl methyl sites for hydroxylation is 1. The summed E-state index contributed by atoms with van der Waals surface area (Å²) in [6.07, 6.45) is 8.00. The van der Waals surface area contributed by atoms with E-state index in [1.54, 1.807) is 0 Å². The van der Waals surface area contributed by atoms with E-state index >= 15 is 0 Å². The molecule has 3 atom stereocenters. The molecule has 60 heavy (non-hydrogen) atoms. The molecule has 1 saturated heterocycles. The van der Waals surface area contributed by atoms with Crippen molar-refractivity contribution in [1.29, 1.82) is 0 Å². The molecule has 19 heteroatoms. The van der Waals surface area contributed by atoms with Gasteiger partial charge in [-0.1, -0.05) is 72.6 Å². The number of primary amides is 1. The van der Waals surface area contributed by atoms with Crippen LogP contribution in [-0.4, -0.2) is 127 Å². The van der Waals surface area contributed by atoms with E-state index in [-0.39, 0.29) is 25.4 Å². The van der Waals surface area contributed by atoms with Gasteiger partial charge in [-0.3, -0.25) is 38.4 Å². The smallest absolute Gasteiger partial charge is 0.243 e. The number of carbonyl (C=O) groups is 8. The zero-order valence-electron chi connectivity index (χ0n) is 36.7. The monoisotopic (exact) mass is 863 g/mol. The van der Waals surface area contributed by atoms with Crippen LogP contribution in [-0.2, 0) is 38.4 Å². The van der Waals surface area contributed by atoms with Crippen LogP contribution in [0.3, 0.4) is 0 Å². The van der Waals surface area contributed by atoms with Crippen LogP contribution in [0.2, 0.25) is 0 Å². The van der Waals surface area contributed by atoms with Crippen LogP contribution in [0.4, 0.5) is 0 Å². The van der Waals surface area contributed by atoms with Gasteiger partial charge in [-0.05, 0) is 62.2 Å². The van der Waals surface area contributed by atoms with Crippen LogP contribution in [0.25, 0.3) is 10.9 Å². The summed E-state index contributed by atoms with van der Waals surface area (Å²) in [7, 11) is 0. The number of aromatic nitrogens is 1. The second kappa shape index (κ2) is 31.7. The molecule has 1 aliphatic heterocycles. The molecule has 338 valence electrons. The standard InChI is InChI=1S/C26H45N9O8S.C9H9N.2C3H8/c1-15(2)9-17(34-19(36)10-27)26(43)32-13-22(39)33-16(6-8-44-3)25(42)31-12-21(38)29-11-20(37)30-14-23(40)35-7-4-5-18(35)24(28)41;1-7-6-10-9-5-3-2-4-8(7)9;2*1-3-2/h15-18H,4-14,27H2,1-3H3,(H2,28,41)(H,29,38)(H,30,37)(H,31,42)(H,32,43)(H,33,39)(H,34,36);2-6,10H,1H3;2*3H2,1-2H3. The number of benzene rings is 1. The Morgan fingerprint density at radius 1 is 0.800 bits per heavy atom. The summed E-state index contributed by atoms with van der Waals surface area (Å²) < 4.78 is 0. The quantitative estimate of drug-likeness (QED) is 0.0965. The zero-order chi connectivity index (χ0) is 45.6. The van der Waals surface area contributed by atoms with Crippen LogP contribution in [0.15, 0.2) is 30.5 Å². The SMILES string of the molecule is CCC.CCC.CSCCC(NC(=O)CNC(=O)C(CC(C)C)NC(=O)CN)C(=O)NCC(=O)NCC(=O)NCC(=O)N1CCCC1C(N)=O.Cc1c[nH]c2ccccc12. The maximum absolute atomic E-state index is 12.7. The number of H-pyrrole nitrogens is 1. The first-order chi connectivity index (χ1) is 28.5. The number of nitrogens with two attached hydrogens (primary N) is 2. The molecule has 11 N–H and O–H groups in total. The van der Waals surface area contributed by atoms with Crippen molar-refractivity contribution in [1.82, 2.24) is 41.8 Å². The second-order valence-electron chi connectivity index (χ2n) is 14.4. The van der Waals surface area contributed by atoms with Crippen LogP contribution in [0.5, 0.6) is 0 Å². The fraction of sp³-hybridized carbons (Fsp3) is 0.610. The lowest BCUT2D eigenvalue weighted by molar-refractivity contribution is -0.137.